The summed E-state index contributed by atoms with van der Waals surface area (Å²) in [4.78, 5) is 58.7. The zero-order valence-corrected chi connectivity index (χ0v) is 29.0. The van der Waals surface area contributed by atoms with E-state index in [0.717, 1.165) is 45.3 Å². The highest BCUT2D eigenvalue weighted by atomic mass is 32.2. The van der Waals surface area contributed by atoms with Crippen LogP contribution >= 0.6 is 11.8 Å². The van der Waals surface area contributed by atoms with Gasteiger partial charge in [0.15, 0.2) is 12.4 Å². The van der Waals surface area contributed by atoms with Crippen LogP contribution in [0.1, 0.15) is 43.8 Å². The maximum absolute atomic E-state index is 13.7. The Hall–Kier alpha value is -6.63. The number of imide groups is 1. The molecule has 2 aliphatic rings. The number of esters is 1. The van der Waals surface area contributed by atoms with E-state index in [9.17, 15) is 24.4 Å². The maximum atomic E-state index is 13.7. The van der Waals surface area contributed by atoms with E-state index in [0.29, 0.717) is 33.1 Å². The van der Waals surface area contributed by atoms with Crippen molar-refractivity contribution in [2.75, 3.05) is 11.5 Å². The molecule has 1 atom stereocenters. The molecular formula is C44H29N3O5S. The van der Waals surface area contributed by atoms with E-state index in [4.69, 9.17) is 9.72 Å². The molecule has 6 aromatic rings. The molecule has 8 nitrogen and oxygen atoms in total. The number of nitrogens with zero attached hydrogens (tertiary/aromatic N) is 3. The summed E-state index contributed by atoms with van der Waals surface area (Å²) in [6, 6.07) is 42.8. The lowest BCUT2D eigenvalue weighted by Crippen LogP contribution is -2.31. The van der Waals surface area contributed by atoms with Crippen molar-refractivity contribution in [3.63, 3.8) is 0 Å². The first-order chi connectivity index (χ1) is 25.9. The number of rotatable bonds is 9. The summed E-state index contributed by atoms with van der Waals surface area (Å²) in [5, 5.41) is 9.82. The summed E-state index contributed by atoms with van der Waals surface area (Å²) in [6.07, 6.45) is 0.654. The van der Waals surface area contributed by atoms with E-state index < -0.39 is 29.6 Å². The Bertz CT molecular complexity index is 2480. The second kappa shape index (κ2) is 14.2. The molecule has 9 heteroatoms. The largest absolute Gasteiger partial charge is 0.454 e. The molecule has 1 saturated heterocycles. The number of amides is 2. The number of hydrogen-bond donors (Lipinski definition) is 0. The number of ether oxygens (including phenoxy) is 1. The predicted molar refractivity (Wildman–Crippen MR) is 202 cm³/mol. The molecule has 1 aliphatic carbocycles. The molecule has 0 spiro atoms. The number of thioether (sulfide) groups is 1. The molecule has 1 fully saturated rings. The fraction of sp³-hybridized carbons (Fsp3) is 0.0909. The predicted octanol–water partition coefficient (Wildman–Crippen LogP) is 8.32. The van der Waals surface area contributed by atoms with Gasteiger partial charge in [-0.2, -0.15) is 5.26 Å². The van der Waals surface area contributed by atoms with Gasteiger partial charge in [0.25, 0.3) is 0 Å². The van der Waals surface area contributed by atoms with Gasteiger partial charge in [0.1, 0.15) is 11.1 Å². The van der Waals surface area contributed by atoms with E-state index in [-0.39, 0.29) is 17.8 Å². The first-order valence-corrected chi connectivity index (χ1v) is 17.9. The van der Waals surface area contributed by atoms with E-state index >= 15 is 0 Å². The lowest BCUT2D eigenvalue weighted by atomic mass is 9.99. The number of aromatic nitrogens is 1. The molecule has 5 aromatic carbocycles. The van der Waals surface area contributed by atoms with E-state index in [1.54, 1.807) is 6.07 Å². The number of carbonyl (C=O) groups excluding carboxylic acids is 4. The number of ketones is 1. The van der Waals surface area contributed by atoms with Crippen LogP contribution in [0.3, 0.4) is 0 Å². The molecule has 0 saturated carbocycles. The van der Waals surface area contributed by atoms with Gasteiger partial charge in [0.05, 0.1) is 27.8 Å². The van der Waals surface area contributed by atoms with Crippen molar-refractivity contribution in [3.05, 3.63) is 161 Å². The molecule has 8 rings (SSSR count). The van der Waals surface area contributed by atoms with Crippen molar-refractivity contribution in [1.29, 1.82) is 5.26 Å². The Balaban J connectivity index is 0.958. The van der Waals surface area contributed by atoms with Crippen LogP contribution in [0.5, 0.6) is 0 Å². The monoisotopic (exact) mass is 711 g/mol. The quantitative estimate of drug-likeness (QED) is 0.0834. The van der Waals surface area contributed by atoms with Gasteiger partial charge in [-0.15, -0.1) is 0 Å². The van der Waals surface area contributed by atoms with Crippen LogP contribution in [0.4, 0.5) is 5.69 Å². The third-order valence-electron chi connectivity index (χ3n) is 9.42. The van der Waals surface area contributed by atoms with Gasteiger partial charge in [-0.3, -0.25) is 14.4 Å². The van der Waals surface area contributed by atoms with Crippen molar-refractivity contribution < 1.29 is 23.9 Å². The summed E-state index contributed by atoms with van der Waals surface area (Å²) in [5.74, 6) is -1.87. The average molecular weight is 712 g/mol. The molecule has 0 N–H and O–H groups in total. The van der Waals surface area contributed by atoms with Gasteiger partial charge in [0.2, 0.25) is 11.8 Å². The fourth-order valence-corrected chi connectivity index (χ4v) is 7.91. The molecular weight excluding hydrogens is 683 g/mol. The van der Waals surface area contributed by atoms with Gasteiger partial charge < -0.3 is 4.74 Å². The standard InChI is InChI=1S/C44H29N3O5S/c45-25-37-36(27-9-3-1-4-10-27)23-38(28-11-5-2-6-12-28)46-42(37)53-40-24-41(49)47(43(40)50)33-18-15-29(16-19-33)44(51)52-26-39(48)31-17-20-35-32(22-31)21-30-13-7-8-14-34(30)35/h1-20,22-23,40H,21,24,26H2. The fourth-order valence-electron chi connectivity index (χ4n) is 6.78. The Labute approximate surface area is 309 Å². The molecule has 2 heterocycles. The first-order valence-electron chi connectivity index (χ1n) is 17.0. The van der Waals surface area contributed by atoms with E-state index in [1.807, 2.05) is 91.0 Å². The molecule has 0 bridgehead atoms. The van der Waals surface area contributed by atoms with Crippen LogP contribution in [0.25, 0.3) is 33.5 Å². The average Bonchev–Trinajstić information content (AvgIpc) is 3.71. The highest BCUT2D eigenvalue weighted by molar-refractivity contribution is 8.00. The van der Waals surface area contributed by atoms with Crippen molar-refractivity contribution >= 4 is 41.0 Å². The van der Waals surface area contributed by atoms with Crippen molar-refractivity contribution in [2.45, 2.75) is 23.1 Å². The first kappa shape index (κ1) is 33.5. The third-order valence-corrected chi connectivity index (χ3v) is 10.6. The molecule has 2 amide bonds. The van der Waals surface area contributed by atoms with Gasteiger partial charge in [-0.1, -0.05) is 109 Å². The van der Waals surface area contributed by atoms with E-state index in [1.165, 1.54) is 35.4 Å². The number of nitriles is 1. The molecule has 1 aliphatic heterocycles. The Morgan fingerprint density at radius 2 is 1.42 bits per heavy atom. The number of hydrogen-bond acceptors (Lipinski definition) is 8. The number of carbonyl (C=O) groups is 4. The number of Topliss-reactive ketones (excluding diaryl/α,β-unsaturated/α-hetero) is 1. The topological polar surface area (TPSA) is 117 Å². The highest BCUT2D eigenvalue weighted by Crippen LogP contribution is 2.40. The Kier molecular flexibility index (Phi) is 8.96. The molecule has 53 heavy (non-hydrogen) atoms. The van der Waals surface area contributed by atoms with Crippen LogP contribution in [0.2, 0.25) is 0 Å². The SMILES string of the molecule is N#Cc1c(-c2ccccc2)cc(-c2ccccc2)nc1SC1CC(=O)N(c2ccc(C(=O)OCC(=O)c3ccc4c(c3)Cc3ccccc3-4)cc2)C1=O. The van der Waals surface area contributed by atoms with Gasteiger partial charge in [-0.25, -0.2) is 14.7 Å². The van der Waals surface area contributed by atoms with Crippen LogP contribution in [-0.4, -0.2) is 40.4 Å². The maximum Gasteiger partial charge on any atom is 0.338 e. The second-order valence-corrected chi connectivity index (χ2v) is 13.9. The van der Waals surface area contributed by atoms with Gasteiger partial charge >= 0.3 is 5.97 Å². The van der Waals surface area contributed by atoms with Crippen LogP contribution in [-0.2, 0) is 20.7 Å². The van der Waals surface area contributed by atoms with Crippen molar-refractivity contribution in [3.8, 4) is 39.6 Å². The summed E-state index contributed by atoms with van der Waals surface area (Å²) < 4.78 is 5.35. The second-order valence-electron chi connectivity index (χ2n) is 12.7. The number of fused-ring (bicyclic) bond motifs is 3. The zero-order valence-electron chi connectivity index (χ0n) is 28.2. The van der Waals surface area contributed by atoms with E-state index in [2.05, 4.69) is 18.2 Å². The van der Waals surface area contributed by atoms with Crippen LogP contribution in [0, 0.1) is 11.3 Å². The third kappa shape index (κ3) is 6.52. The number of pyridine rings is 1. The Morgan fingerprint density at radius 3 is 2.15 bits per heavy atom. The minimum atomic E-state index is -0.819. The molecule has 1 unspecified atom stereocenters. The normalized spacial score (nSPS) is 14.4. The van der Waals surface area contributed by atoms with Crippen molar-refractivity contribution in [2.24, 2.45) is 0 Å². The van der Waals surface area contributed by atoms with Crippen LogP contribution in [0.15, 0.2) is 138 Å². The minimum absolute atomic E-state index is 0.0903. The highest BCUT2D eigenvalue weighted by Gasteiger charge is 2.41. The summed E-state index contributed by atoms with van der Waals surface area (Å²) in [7, 11) is 0. The Morgan fingerprint density at radius 1 is 0.755 bits per heavy atom. The van der Waals surface area contributed by atoms with Crippen LogP contribution < -0.4 is 4.90 Å². The lowest BCUT2D eigenvalue weighted by molar-refractivity contribution is -0.121. The molecule has 1 aromatic heterocycles. The zero-order chi connectivity index (χ0) is 36.5. The molecule has 0 radical (unpaired) electrons. The lowest BCUT2D eigenvalue weighted by Gasteiger charge is -2.16. The number of anilines is 1. The molecule has 256 valence electrons. The minimum Gasteiger partial charge on any atom is -0.454 e. The smallest absolute Gasteiger partial charge is 0.338 e. The summed E-state index contributed by atoms with van der Waals surface area (Å²) in [5.41, 5.74) is 8.81. The summed E-state index contributed by atoms with van der Waals surface area (Å²) in [6.45, 7) is -0.426. The van der Waals surface area contributed by atoms with Gasteiger partial charge in [-0.05, 0) is 70.6 Å². The summed E-state index contributed by atoms with van der Waals surface area (Å²) >= 11 is 1.10. The number of benzene rings is 5. The van der Waals surface area contributed by atoms with Gasteiger partial charge in [0, 0.05) is 23.1 Å². The van der Waals surface area contributed by atoms with Crippen molar-refractivity contribution in [1.82, 2.24) is 4.98 Å².